The number of pyridine rings is 2. The molecule has 0 aliphatic carbocycles. The van der Waals surface area contributed by atoms with Crippen molar-refractivity contribution < 1.29 is 9.53 Å². The molecule has 0 saturated carbocycles. The number of aromatic nitrogens is 4. The third kappa shape index (κ3) is 4.52. The minimum absolute atomic E-state index is 0.241. The third-order valence-electron chi connectivity index (χ3n) is 7.04. The number of fused-ring (bicyclic) bond motifs is 2. The van der Waals surface area contributed by atoms with Gasteiger partial charge in [0, 0.05) is 67.4 Å². The Balaban J connectivity index is 1.30. The Hall–Kier alpha value is -3.94. The average Bonchev–Trinajstić information content (AvgIpc) is 3.49. The number of rotatable bonds is 3. The van der Waals surface area contributed by atoms with Crippen molar-refractivity contribution in [1.82, 2.24) is 24.6 Å². The fourth-order valence-corrected chi connectivity index (χ4v) is 5.32. The van der Waals surface area contributed by atoms with Crippen molar-refractivity contribution in [1.29, 1.82) is 0 Å². The summed E-state index contributed by atoms with van der Waals surface area (Å²) in [5.74, 6) is 0. The van der Waals surface area contributed by atoms with Gasteiger partial charge in [-0.25, -0.2) is 4.79 Å². The molecule has 190 valence electrons. The number of aryl methyl sites for hydroxylation is 1. The SMILES string of the molecule is CC(C)(C)OC(=O)N1CCN(c2ccc3c(-c4c(-c5ccccn5)nn5c4CCC5)ccnc3c2)CC1. The van der Waals surface area contributed by atoms with Gasteiger partial charge in [-0.05, 0) is 69.5 Å². The first-order chi connectivity index (χ1) is 17.9. The molecule has 0 spiro atoms. The Labute approximate surface area is 216 Å². The first-order valence-electron chi connectivity index (χ1n) is 13.0. The van der Waals surface area contributed by atoms with Crippen LogP contribution in [0.3, 0.4) is 0 Å². The summed E-state index contributed by atoms with van der Waals surface area (Å²) in [6, 6.07) is 14.6. The number of nitrogens with zero attached hydrogens (tertiary/aromatic N) is 6. The predicted octanol–water partition coefficient (Wildman–Crippen LogP) is 5.16. The quantitative estimate of drug-likeness (QED) is 0.390. The van der Waals surface area contributed by atoms with Crippen LogP contribution >= 0.6 is 0 Å². The van der Waals surface area contributed by atoms with Crippen LogP contribution in [0, 0.1) is 0 Å². The van der Waals surface area contributed by atoms with E-state index in [1.54, 1.807) is 4.90 Å². The molecule has 8 heteroatoms. The van der Waals surface area contributed by atoms with E-state index in [2.05, 4.69) is 38.8 Å². The Morgan fingerprint density at radius 2 is 1.78 bits per heavy atom. The highest BCUT2D eigenvalue weighted by Crippen LogP contribution is 2.40. The summed E-state index contributed by atoms with van der Waals surface area (Å²) in [5.41, 5.74) is 7.00. The van der Waals surface area contributed by atoms with Crippen LogP contribution in [0.2, 0.25) is 0 Å². The molecule has 3 aromatic heterocycles. The summed E-state index contributed by atoms with van der Waals surface area (Å²) in [6.45, 7) is 9.42. The van der Waals surface area contributed by atoms with E-state index in [9.17, 15) is 4.79 Å². The van der Waals surface area contributed by atoms with E-state index in [1.807, 2.05) is 51.4 Å². The maximum atomic E-state index is 12.5. The Morgan fingerprint density at radius 1 is 0.946 bits per heavy atom. The van der Waals surface area contributed by atoms with Crippen LogP contribution in [0.25, 0.3) is 33.4 Å². The lowest BCUT2D eigenvalue weighted by Gasteiger charge is -2.36. The first kappa shape index (κ1) is 23.5. The molecule has 1 aromatic carbocycles. The Bertz CT molecular complexity index is 1450. The summed E-state index contributed by atoms with van der Waals surface area (Å²) < 4.78 is 7.69. The van der Waals surface area contributed by atoms with E-state index in [0.717, 1.165) is 66.0 Å². The molecular weight excluding hydrogens is 464 g/mol. The number of carbonyl (C=O) groups excluding carboxylic acids is 1. The lowest BCUT2D eigenvalue weighted by Crippen LogP contribution is -2.50. The van der Waals surface area contributed by atoms with Crippen LogP contribution in [0.15, 0.2) is 54.9 Å². The molecule has 1 fully saturated rings. The molecule has 2 aliphatic rings. The molecule has 0 radical (unpaired) electrons. The molecule has 5 heterocycles. The summed E-state index contributed by atoms with van der Waals surface area (Å²) in [7, 11) is 0. The molecule has 0 unspecified atom stereocenters. The van der Waals surface area contributed by atoms with Crippen molar-refractivity contribution >= 4 is 22.7 Å². The number of hydrogen-bond acceptors (Lipinski definition) is 6. The second kappa shape index (κ2) is 9.18. The van der Waals surface area contributed by atoms with Gasteiger partial charge < -0.3 is 14.5 Å². The molecule has 0 atom stereocenters. The topological polar surface area (TPSA) is 76.4 Å². The highest BCUT2D eigenvalue weighted by Gasteiger charge is 2.27. The van der Waals surface area contributed by atoms with Crippen molar-refractivity contribution in [2.45, 2.75) is 45.8 Å². The average molecular weight is 497 g/mol. The van der Waals surface area contributed by atoms with Gasteiger partial charge in [-0.15, -0.1) is 0 Å². The zero-order valence-corrected chi connectivity index (χ0v) is 21.6. The summed E-state index contributed by atoms with van der Waals surface area (Å²) >= 11 is 0. The van der Waals surface area contributed by atoms with E-state index in [1.165, 1.54) is 11.3 Å². The summed E-state index contributed by atoms with van der Waals surface area (Å²) in [5, 5.41) is 6.07. The van der Waals surface area contributed by atoms with Crippen molar-refractivity contribution in [3.8, 4) is 22.5 Å². The maximum absolute atomic E-state index is 12.5. The minimum Gasteiger partial charge on any atom is -0.444 e. The zero-order valence-electron chi connectivity index (χ0n) is 21.6. The molecule has 0 bridgehead atoms. The smallest absolute Gasteiger partial charge is 0.410 e. The lowest BCUT2D eigenvalue weighted by atomic mass is 9.96. The first-order valence-corrected chi connectivity index (χ1v) is 13.0. The monoisotopic (exact) mass is 496 g/mol. The zero-order chi connectivity index (χ0) is 25.6. The van der Waals surface area contributed by atoms with Gasteiger partial charge in [-0.1, -0.05) is 12.1 Å². The third-order valence-corrected chi connectivity index (χ3v) is 7.04. The Morgan fingerprint density at radius 3 is 2.54 bits per heavy atom. The van der Waals surface area contributed by atoms with Crippen molar-refractivity contribution in [2.24, 2.45) is 0 Å². The minimum atomic E-state index is -0.484. The van der Waals surface area contributed by atoms with Crippen LogP contribution in [0.5, 0.6) is 0 Å². The highest BCUT2D eigenvalue weighted by atomic mass is 16.6. The number of carbonyl (C=O) groups is 1. The van der Waals surface area contributed by atoms with Gasteiger partial charge in [0.05, 0.1) is 11.2 Å². The molecule has 0 N–H and O–H groups in total. The molecule has 1 saturated heterocycles. The van der Waals surface area contributed by atoms with Crippen LogP contribution < -0.4 is 4.90 Å². The normalized spacial score (nSPS) is 15.8. The van der Waals surface area contributed by atoms with E-state index in [-0.39, 0.29) is 6.09 Å². The van der Waals surface area contributed by atoms with E-state index < -0.39 is 5.60 Å². The maximum Gasteiger partial charge on any atom is 0.410 e. The lowest BCUT2D eigenvalue weighted by molar-refractivity contribution is 0.0240. The van der Waals surface area contributed by atoms with Crippen LogP contribution in [-0.4, -0.2) is 62.5 Å². The van der Waals surface area contributed by atoms with Gasteiger partial charge in [0.2, 0.25) is 0 Å². The fraction of sp³-hybridized carbons (Fsp3) is 0.379. The number of anilines is 1. The van der Waals surface area contributed by atoms with Crippen molar-refractivity contribution in [2.75, 3.05) is 31.1 Å². The number of ether oxygens (including phenoxy) is 1. The summed E-state index contributed by atoms with van der Waals surface area (Å²) in [4.78, 5) is 25.9. The van der Waals surface area contributed by atoms with E-state index in [4.69, 9.17) is 14.8 Å². The Kier molecular flexibility index (Phi) is 5.82. The van der Waals surface area contributed by atoms with Crippen LogP contribution in [0.1, 0.15) is 32.9 Å². The van der Waals surface area contributed by atoms with E-state index >= 15 is 0 Å². The van der Waals surface area contributed by atoms with Gasteiger partial charge in [-0.3, -0.25) is 14.6 Å². The summed E-state index contributed by atoms with van der Waals surface area (Å²) in [6.07, 6.45) is 5.60. The number of hydrogen-bond donors (Lipinski definition) is 0. The van der Waals surface area contributed by atoms with Crippen LogP contribution in [0.4, 0.5) is 10.5 Å². The van der Waals surface area contributed by atoms with Crippen molar-refractivity contribution in [3.05, 3.63) is 60.6 Å². The van der Waals surface area contributed by atoms with E-state index in [0.29, 0.717) is 13.1 Å². The van der Waals surface area contributed by atoms with Gasteiger partial charge in [0.25, 0.3) is 0 Å². The predicted molar refractivity (Wildman–Crippen MR) is 145 cm³/mol. The van der Waals surface area contributed by atoms with Gasteiger partial charge in [0.15, 0.2) is 0 Å². The molecule has 6 rings (SSSR count). The molecule has 2 aliphatic heterocycles. The molecule has 37 heavy (non-hydrogen) atoms. The standard InChI is InChI=1S/C29H32N6O2/c1-29(2,3)37-28(36)34-17-15-33(16-18-34)20-9-10-21-22(11-13-31-24(21)19-20)26-25-8-6-14-35(25)32-27(26)23-7-4-5-12-30-23/h4-5,7,9-13,19H,6,8,14-18H2,1-3H3. The van der Waals surface area contributed by atoms with Gasteiger partial charge >= 0.3 is 6.09 Å². The number of benzene rings is 1. The highest BCUT2D eigenvalue weighted by molar-refractivity contribution is 5.99. The van der Waals surface area contributed by atoms with Gasteiger partial charge in [-0.2, -0.15) is 5.10 Å². The largest absolute Gasteiger partial charge is 0.444 e. The number of piperazine rings is 1. The second-order valence-electron chi connectivity index (χ2n) is 10.7. The number of amides is 1. The van der Waals surface area contributed by atoms with Crippen molar-refractivity contribution in [3.63, 3.8) is 0 Å². The molecule has 4 aromatic rings. The molecule has 1 amide bonds. The molecule has 8 nitrogen and oxygen atoms in total. The fourth-order valence-electron chi connectivity index (χ4n) is 5.32. The molecular formula is C29H32N6O2. The second-order valence-corrected chi connectivity index (χ2v) is 10.7. The van der Waals surface area contributed by atoms with Gasteiger partial charge in [0.1, 0.15) is 11.3 Å². The van der Waals surface area contributed by atoms with Crippen LogP contribution in [-0.2, 0) is 17.7 Å².